The summed E-state index contributed by atoms with van der Waals surface area (Å²) < 4.78 is 16.1. The van der Waals surface area contributed by atoms with Gasteiger partial charge in [-0.3, -0.25) is 4.79 Å². The van der Waals surface area contributed by atoms with E-state index in [1.165, 1.54) is 0 Å². The van der Waals surface area contributed by atoms with Gasteiger partial charge in [-0.05, 0) is 71.1 Å². The monoisotopic (exact) mass is 445 g/mol. The molecule has 32 heavy (non-hydrogen) atoms. The maximum absolute atomic E-state index is 12.3. The zero-order valence-corrected chi connectivity index (χ0v) is 19.8. The molecule has 0 spiro atoms. The first-order chi connectivity index (χ1) is 15.1. The van der Waals surface area contributed by atoms with Gasteiger partial charge in [0.15, 0.2) is 0 Å². The average molecular weight is 446 g/mol. The molecule has 1 aromatic heterocycles. The number of amides is 1. The van der Waals surface area contributed by atoms with Crippen molar-refractivity contribution in [3.05, 3.63) is 39.7 Å². The summed E-state index contributed by atoms with van der Waals surface area (Å²) in [7, 11) is 0. The van der Waals surface area contributed by atoms with Crippen molar-refractivity contribution in [3.8, 4) is 5.75 Å². The normalized spacial score (nSPS) is 11.4. The molecule has 1 heterocycles. The largest absolute Gasteiger partial charge is 0.444 e. The lowest BCUT2D eigenvalue weighted by Crippen LogP contribution is -2.33. The number of ether oxygens (including phenoxy) is 2. The minimum Gasteiger partial charge on any atom is -0.444 e. The Labute approximate surface area is 189 Å². The second kappa shape index (κ2) is 11.7. The third-order valence-electron chi connectivity index (χ3n) is 4.95. The summed E-state index contributed by atoms with van der Waals surface area (Å²) in [5.74, 6) is 0.0712. The van der Waals surface area contributed by atoms with E-state index < -0.39 is 17.3 Å². The van der Waals surface area contributed by atoms with Gasteiger partial charge in [-0.2, -0.15) is 0 Å². The Balaban J connectivity index is 1.85. The molecule has 0 radical (unpaired) electrons. The Bertz CT molecular complexity index is 986. The molecule has 0 saturated carbocycles. The fourth-order valence-electron chi connectivity index (χ4n) is 3.34. The molecular formula is C25H35NO6. The Morgan fingerprint density at radius 1 is 1.09 bits per heavy atom. The third kappa shape index (κ3) is 8.02. The van der Waals surface area contributed by atoms with Crippen molar-refractivity contribution >= 4 is 23.0 Å². The maximum atomic E-state index is 12.3. The highest BCUT2D eigenvalue weighted by molar-refractivity contribution is 5.86. The van der Waals surface area contributed by atoms with Crippen molar-refractivity contribution in [3.63, 3.8) is 0 Å². The van der Waals surface area contributed by atoms with Gasteiger partial charge in [0.25, 0.3) is 0 Å². The second-order valence-corrected chi connectivity index (χ2v) is 8.97. The Kier molecular flexibility index (Phi) is 9.29. The van der Waals surface area contributed by atoms with E-state index in [1.54, 1.807) is 19.1 Å². The second-order valence-electron chi connectivity index (χ2n) is 8.97. The summed E-state index contributed by atoms with van der Waals surface area (Å²) in [6.45, 7) is 9.83. The SMILES string of the molecule is CCCCc1cc(=O)oc2c(C)c(OC(=O)CCCCCNC(=O)OC(C)(C)C)ccc12. The van der Waals surface area contributed by atoms with Crippen LogP contribution in [0.4, 0.5) is 4.79 Å². The van der Waals surface area contributed by atoms with Gasteiger partial charge in [-0.25, -0.2) is 9.59 Å². The summed E-state index contributed by atoms with van der Waals surface area (Å²) in [4.78, 5) is 35.8. The highest BCUT2D eigenvalue weighted by Gasteiger charge is 2.16. The third-order valence-corrected chi connectivity index (χ3v) is 4.95. The van der Waals surface area contributed by atoms with Gasteiger partial charge < -0.3 is 19.2 Å². The van der Waals surface area contributed by atoms with E-state index in [2.05, 4.69) is 12.2 Å². The molecule has 0 aliphatic heterocycles. The van der Waals surface area contributed by atoms with Crippen molar-refractivity contribution in [1.82, 2.24) is 5.32 Å². The van der Waals surface area contributed by atoms with Crippen LogP contribution in [0.1, 0.15) is 77.3 Å². The van der Waals surface area contributed by atoms with Crippen molar-refractivity contribution in [2.75, 3.05) is 6.54 Å². The van der Waals surface area contributed by atoms with Crippen LogP contribution in [-0.2, 0) is 16.0 Å². The molecule has 0 saturated heterocycles. The van der Waals surface area contributed by atoms with E-state index >= 15 is 0 Å². The summed E-state index contributed by atoms with van der Waals surface area (Å²) in [6.07, 6.45) is 4.83. The van der Waals surface area contributed by atoms with Gasteiger partial charge in [0, 0.05) is 30.0 Å². The van der Waals surface area contributed by atoms with Gasteiger partial charge in [-0.15, -0.1) is 0 Å². The van der Waals surface area contributed by atoms with E-state index in [0.717, 1.165) is 43.1 Å². The maximum Gasteiger partial charge on any atom is 0.407 e. The van der Waals surface area contributed by atoms with Crippen molar-refractivity contribution in [1.29, 1.82) is 0 Å². The van der Waals surface area contributed by atoms with Gasteiger partial charge in [-0.1, -0.05) is 19.8 Å². The standard InChI is InChI=1S/C25H35NO6/c1-6-7-11-18-16-22(28)31-23-17(2)20(14-13-19(18)23)30-21(27)12-9-8-10-15-26-24(29)32-25(3,4)5/h13-14,16H,6-12,15H2,1-5H3,(H,26,29). The van der Waals surface area contributed by atoms with Crippen molar-refractivity contribution in [2.24, 2.45) is 0 Å². The zero-order valence-electron chi connectivity index (χ0n) is 19.8. The van der Waals surface area contributed by atoms with Crippen LogP contribution in [0.3, 0.4) is 0 Å². The van der Waals surface area contributed by atoms with Crippen LogP contribution in [0.5, 0.6) is 5.75 Å². The number of rotatable bonds is 10. The fraction of sp³-hybridized carbons (Fsp3) is 0.560. The predicted octanol–water partition coefficient (Wildman–Crippen LogP) is 5.43. The molecule has 2 aromatic rings. The van der Waals surface area contributed by atoms with Gasteiger partial charge >= 0.3 is 17.7 Å². The number of hydrogen-bond acceptors (Lipinski definition) is 6. The van der Waals surface area contributed by atoms with Crippen LogP contribution in [-0.4, -0.2) is 24.2 Å². The average Bonchev–Trinajstić information content (AvgIpc) is 2.70. The Morgan fingerprint density at radius 2 is 1.84 bits per heavy atom. The molecule has 2 rings (SSSR count). The van der Waals surface area contributed by atoms with Crippen LogP contribution in [0.25, 0.3) is 11.0 Å². The fourth-order valence-corrected chi connectivity index (χ4v) is 3.34. The first kappa shape index (κ1) is 25.4. The predicted molar refractivity (Wildman–Crippen MR) is 124 cm³/mol. The lowest BCUT2D eigenvalue weighted by molar-refractivity contribution is -0.134. The molecule has 1 amide bonds. The van der Waals surface area contributed by atoms with Crippen LogP contribution >= 0.6 is 0 Å². The lowest BCUT2D eigenvalue weighted by Gasteiger charge is -2.19. The molecule has 7 heteroatoms. The van der Waals surface area contributed by atoms with E-state index in [1.807, 2.05) is 26.8 Å². The number of unbranched alkanes of at least 4 members (excludes halogenated alkanes) is 3. The molecule has 7 nitrogen and oxygen atoms in total. The van der Waals surface area contributed by atoms with Crippen LogP contribution in [0, 0.1) is 6.92 Å². The molecule has 0 atom stereocenters. The van der Waals surface area contributed by atoms with Gasteiger partial charge in [0.2, 0.25) is 0 Å². The molecule has 0 fully saturated rings. The molecular weight excluding hydrogens is 410 g/mol. The van der Waals surface area contributed by atoms with Crippen LogP contribution in [0.2, 0.25) is 0 Å². The van der Waals surface area contributed by atoms with E-state index in [0.29, 0.717) is 29.9 Å². The Morgan fingerprint density at radius 3 is 2.53 bits per heavy atom. The highest BCUT2D eigenvalue weighted by atomic mass is 16.6. The van der Waals surface area contributed by atoms with Crippen LogP contribution in [0.15, 0.2) is 27.4 Å². The van der Waals surface area contributed by atoms with Crippen LogP contribution < -0.4 is 15.7 Å². The number of nitrogens with one attached hydrogen (secondary N) is 1. The molecule has 0 bridgehead atoms. The number of aryl methyl sites for hydroxylation is 2. The summed E-state index contributed by atoms with van der Waals surface area (Å²) >= 11 is 0. The molecule has 0 unspecified atom stereocenters. The molecule has 1 aromatic carbocycles. The first-order valence-corrected chi connectivity index (χ1v) is 11.3. The number of esters is 1. The first-order valence-electron chi connectivity index (χ1n) is 11.3. The summed E-state index contributed by atoms with van der Waals surface area (Å²) in [5, 5.41) is 3.58. The van der Waals surface area contributed by atoms with E-state index in [4.69, 9.17) is 13.9 Å². The van der Waals surface area contributed by atoms with E-state index in [-0.39, 0.29) is 12.4 Å². The smallest absolute Gasteiger partial charge is 0.407 e. The molecule has 176 valence electrons. The number of hydrogen-bond donors (Lipinski definition) is 1. The number of carbonyl (C=O) groups excluding carboxylic acids is 2. The highest BCUT2D eigenvalue weighted by Crippen LogP contribution is 2.29. The number of alkyl carbamates (subject to hydrolysis) is 1. The summed E-state index contributed by atoms with van der Waals surface area (Å²) in [5.41, 5.74) is 1.16. The van der Waals surface area contributed by atoms with Gasteiger partial charge in [0.1, 0.15) is 16.9 Å². The van der Waals surface area contributed by atoms with Crippen molar-refractivity contribution < 1.29 is 23.5 Å². The van der Waals surface area contributed by atoms with Gasteiger partial charge in [0.05, 0.1) is 0 Å². The molecule has 1 N–H and O–H groups in total. The summed E-state index contributed by atoms with van der Waals surface area (Å²) in [6, 6.07) is 5.15. The Hall–Kier alpha value is -2.83. The topological polar surface area (TPSA) is 94.8 Å². The quantitative estimate of drug-likeness (QED) is 0.227. The minimum absolute atomic E-state index is 0.268. The molecule has 0 aliphatic rings. The number of fused-ring (bicyclic) bond motifs is 1. The zero-order chi connectivity index (χ0) is 23.7. The van der Waals surface area contributed by atoms with E-state index in [9.17, 15) is 14.4 Å². The minimum atomic E-state index is -0.519. The number of carbonyl (C=O) groups is 2. The lowest BCUT2D eigenvalue weighted by atomic mass is 10.0. The molecule has 0 aliphatic carbocycles. The number of benzene rings is 1. The van der Waals surface area contributed by atoms with Crippen molar-refractivity contribution in [2.45, 2.75) is 85.2 Å².